The predicted octanol–water partition coefficient (Wildman–Crippen LogP) is 0.282. The number of hydrogen-bond donors (Lipinski definition) is 3. The van der Waals surface area contributed by atoms with Gasteiger partial charge in [0.1, 0.15) is 5.69 Å². The molecule has 82 valence electrons. The van der Waals surface area contributed by atoms with Crippen LogP contribution in [0.25, 0.3) is 0 Å². The molecule has 0 radical (unpaired) electrons. The zero-order chi connectivity index (χ0) is 10.5. The molecule has 0 spiro atoms. The number of nitrogens with one attached hydrogen (secondary N) is 3. The number of aromatic amines is 1. The molecule has 1 amide bonds. The van der Waals surface area contributed by atoms with Crippen LogP contribution in [0.2, 0.25) is 0 Å². The first-order valence-electron chi connectivity index (χ1n) is 5.37. The molecular formula is C10H16N4O. The van der Waals surface area contributed by atoms with Crippen LogP contribution in [-0.4, -0.2) is 35.2 Å². The molecule has 2 rings (SSSR count). The average Bonchev–Trinajstić information content (AvgIpc) is 2.65. The van der Waals surface area contributed by atoms with Crippen molar-refractivity contribution in [3.05, 3.63) is 18.0 Å². The molecule has 5 heteroatoms. The van der Waals surface area contributed by atoms with Gasteiger partial charge in [-0.25, -0.2) is 0 Å². The minimum absolute atomic E-state index is 0.0683. The van der Waals surface area contributed by atoms with Crippen LogP contribution >= 0.6 is 0 Å². The minimum Gasteiger partial charge on any atom is -0.347 e. The third-order valence-electron chi connectivity index (χ3n) is 2.63. The number of aromatic nitrogens is 2. The number of rotatable bonds is 2. The smallest absolute Gasteiger partial charge is 0.269 e. The van der Waals surface area contributed by atoms with Gasteiger partial charge >= 0.3 is 0 Å². The molecule has 1 aromatic heterocycles. The summed E-state index contributed by atoms with van der Waals surface area (Å²) in [4.78, 5) is 11.7. The monoisotopic (exact) mass is 208 g/mol. The van der Waals surface area contributed by atoms with Crippen LogP contribution < -0.4 is 10.6 Å². The fraction of sp³-hybridized carbons (Fsp3) is 0.600. The summed E-state index contributed by atoms with van der Waals surface area (Å²) in [5.74, 6) is -0.0683. The Morgan fingerprint density at radius 1 is 1.53 bits per heavy atom. The zero-order valence-electron chi connectivity index (χ0n) is 8.62. The van der Waals surface area contributed by atoms with E-state index in [9.17, 15) is 4.79 Å². The molecular weight excluding hydrogens is 192 g/mol. The van der Waals surface area contributed by atoms with Crippen molar-refractivity contribution < 1.29 is 4.79 Å². The molecule has 3 N–H and O–H groups in total. The summed E-state index contributed by atoms with van der Waals surface area (Å²) in [6.45, 7) is 1.91. The van der Waals surface area contributed by atoms with Gasteiger partial charge in [0.2, 0.25) is 0 Å². The van der Waals surface area contributed by atoms with Crippen molar-refractivity contribution in [3.8, 4) is 0 Å². The van der Waals surface area contributed by atoms with Crippen molar-refractivity contribution >= 4 is 5.91 Å². The third kappa shape index (κ3) is 2.79. The molecule has 1 aliphatic rings. The normalized spacial score (nSPS) is 22.0. The number of nitrogens with zero attached hydrogens (tertiary/aromatic N) is 1. The van der Waals surface area contributed by atoms with E-state index >= 15 is 0 Å². The fourth-order valence-corrected chi connectivity index (χ4v) is 1.79. The molecule has 5 nitrogen and oxygen atoms in total. The molecule has 1 atom stereocenters. The Balaban J connectivity index is 1.87. The van der Waals surface area contributed by atoms with Gasteiger partial charge in [0.15, 0.2) is 0 Å². The third-order valence-corrected chi connectivity index (χ3v) is 2.63. The number of hydrogen-bond acceptors (Lipinski definition) is 3. The van der Waals surface area contributed by atoms with E-state index in [0.29, 0.717) is 5.69 Å². The fourth-order valence-electron chi connectivity index (χ4n) is 1.79. The van der Waals surface area contributed by atoms with Crippen LogP contribution in [0.1, 0.15) is 29.8 Å². The van der Waals surface area contributed by atoms with Crippen molar-refractivity contribution in [2.24, 2.45) is 0 Å². The van der Waals surface area contributed by atoms with E-state index in [2.05, 4.69) is 20.8 Å². The van der Waals surface area contributed by atoms with Crippen LogP contribution in [0, 0.1) is 0 Å². The highest BCUT2D eigenvalue weighted by Gasteiger charge is 2.15. The quantitative estimate of drug-likeness (QED) is 0.654. The molecule has 0 aromatic carbocycles. The summed E-state index contributed by atoms with van der Waals surface area (Å²) in [6.07, 6.45) is 4.99. The average molecular weight is 208 g/mol. The Morgan fingerprint density at radius 3 is 3.27 bits per heavy atom. The molecule has 0 bridgehead atoms. The van der Waals surface area contributed by atoms with Crippen molar-refractivity contribution in [3.63, 3.8) is 0 Å². The van der Waals surface area contributed by atoms with E-state index in [4.69, 9.17) is 0 Å². The van der Waals surface area contributed by atoms with E-state index in [0.717, 1.165) is 19.5 Å². The Kier molecular flexibility index (Phi) is 3.34. The maximum absolute atomic E-state index is 11.7. The molecule has 1 saturated heterocycles. The van der Waals surface area contributed by atoms with E-state index < -0.39 is 0 Å². The van der Waals surface area contributed by atoms with Crippen LogP contribution in [0.15, 0.2) is 12.3 Å². The summed E-state index contributed by atoms with van der Waals surface area (Å²) in [6, 6.07) is 1.92. The summed E-state index contributed by atoms with van der Waals surface area (Å²) in [7, 11) is 0. The summed E-state index contributed by atoms with van der Waals surface area (Å²) in [5, 5.41) is 12.7. The molecule has 1 unspecified atom stereocenters. The summed E-state index contributed by atoms with van der Waals surface area (Å²) < 4.78 is 0. The van der Waals surface area contributed by atoms with E-state index in [1.54, 1.807) is 12.3 Å². The van der Waals surface area contributed by atoms with Gasteiger partial charge in [-0.1, -0.05) is 6.42 Å². The first-order valence-corrected chi connectivity index (χ1v) is 5.37. The lowest BCUT2D eigenvalue weighted by Crippen LogP contribution is -2.40. The second-order valence-corrected chi connectivity index (χ2v) is 3.84. The van der Waals surface area contributed by atoms with Gasteiger partial charge in [0.25, 0.3) is 5.91 Å². The SMILES string of the molecule is O=C(NC1CCCCNC1)c1ccn[nH]1. The van der Waals surface area contributed by atoms with Crippen molar-refractivity contribution in [2.45, 2.75) is 25.3 Å². The van der Waals surface area contributed by atoms with Gasteiger partial charge in [0, 0.05) is 18.8 Å². The highest BCUT2D eigenvalue weighted by Crippen LogP contribution is 2.04. The van der Waals surface area contributed by atoms with Crippen LogP contribution in [0.3, 0.4) is 0 Å². The Bertz CT molecular complexity index is 301. The lowest BCUT2D eigenvalue weighted by Gasteiger charge is -2.15. The summed E-state index contributed by atoms with van der Waals surface area (Å²) >= 11 is 0. The molecule has 15 heavy (non-hydrogen) atoms. The second kappa shape index (κ2) is 4.93. The topological polar surface area (TPSA) is 69.8 Å². The standard InChI is InChI=1S/C10H16N4O/c15-10(9-4-6-12-14-9)13-8-3-1-2-5-11-7-8/h4,6,8,11H,1-3,5,7H2,(H,12,14)(H,13,15). The molecule has 1 fully saturated rings. The van der Waals surface area contributed by atoms with Crippen molar-refractivity contribution in [1.29, 1.82) is 0 Å². The zero-order valence-corrected chi connectivity index (χ0v) is 8.62. The first-order chi connectivity index (χ1) is 7.36. The van der Waals surface area contributed by atoms with Crippen LogP contribution in [0.5, 0.6) is 0 Å². The van der Waals surface area contributed by atoms with E-state index in [1.807, 2.05) is 0 Å². The van der Waals surface area contributed by atoms with Gasteiger partial charge in [0.05, 0.1) is 0 Å². The van der Waals surface area contributed by atoms with Crippen molar-refractivity contribution in [1.82, 2.24) is 20.8 Å². The largest absolute Gasteiger partial charge is 0.347 e. The van der Waals surface area contributed by atoms with Gasteiger partial charge < -0.3 is 10.6 Å². The lowest BCUT2D eigenvalue weighted by atomic mass is 10.1. The Morgan fingerprint density at radius 2 is 2.47 bits per heavy atom. The van der Waals surface area contributed by atoms with E-state index in [1.165, 1.54) is 12.8 Å². The highest BCUT2D eigenvalue weighted by molar-refractivity contribution is 5.92. The van der Waals surface area contributed by atoms with E-state index in [-0.39, 0.29) is 11.9 Å². The number of carbonyl (C=O) groups is 1. The van der Waals surface area contributed by atoms with Gasteiger partial charge in [-0.3, -0.25) is 9.89 Å². The molecule has 1 aliphatic heterocycles. The molecule has 0 saturated carbocycles. The molecule has 1 aromatic rings. The number of carbonyl (C=O) groups excluding carboxylic acids is 1. The lowest BCUT2D eigenvalue weighted by molar-refractivity contribution is 0.0930. The Labute approximate surface area is 88.6 Å². The van der Waals surface area contributed by atoms with Gasteiger partial charge in [-0.15, -0.1) is 0 Å². The number of H-pyrrole nitrogens is 1. The predicted molar refractivity (Wildman–Crippen MR) is 56.6 cm³/mol. The molecule has 2 heterocycles. The summed E-state index contributed by atoms with van der Waals surface area (Å²) in [5.41, 5.74) is 0.527. The van der Waals surface area contributed by atoms with Crippen LogP contribution in [0.4, 0.5) is 0 Å². The maximum atomic E-state index is 11.7. The second-order valence-electron chi connectivity index (χ2n) is 3.84. The van der Waals surface area contributed by atoms with Gasteiger partial charge in [-0.2, -0.15) is 5.10 Å². The molecule has 0 aliphatic carbocycles. The Hall–Kier alpha value is -1.36. The van der Waals surface area contributed by atoms with Gasteiger partial charge in [-0.05, 0) is 25.5 Å². The first kappa shape index (κ1) is 10.2. The van der Waals surface area contributed by atoms with Crippen molar-refractivity contribution in [2.75, 3.05) is 13.1 Å². The minimum atomic E-state index is -0.0683. The highest BCUT2D eigenvalue weighted by atomic mass is 16.2. The maximum Gasteiger partial charge on any atom is 0.269 e. The van der Waals surface area contributed by atoms with Crippen LogP contribution in [-0.2, 0) is 0 Å². The number of amides is 1.